The van der Waals surface area contributed by atoms with E-state index >= 15 is 0 Å². The van der Waals surface area contributed by atoms with Crippen molar-refractivity contribution in [2.75, 3.05) is 33.0 Å². The fourth-order valence-electron chi connectivity index (χ4n) is 3.09. The number of carbonyl (C=O) groups is 2. The predicted octanol–water partition coefficient (Wildman–Crippen LogP) is 0.693. The third kappa shape index (κ3) is 4.76. The average Bonchev–Trinajstić information content (AvgIpc) is 3.07. The van der Waals surface area contributed by atoms with Gasteiger partial charge in [-0.2, -0.15) is 0 Å². The van der Waals surface area contributed by atoms with E-state index < -0.39 is 0 Å². The van der Waals surface area contributed by atoms with Crippen molar-refractivity contribution in [3.63, 3.8) is 0 Å². The summed E-state index contributed by atoms with van der Waals surface area (Å²) in [6, 6.07) is 5.54. The molecule has 1 aromatic rings. The molecule has 7 nitrogen and oxygen atoms in total. The topological polar surface area (TPSA) is 93.9 Å². The number of halogens is 1. The number of piperidine rings is 1. The van der Waals surface area contributed by atoms with Crippen molar-refractivity contribution in [3.05, 3.63) is 23.8 Å². The normalized spacial score (nSPS) is 18.4. The number of likely N-dealkylation sites (tertiary alicyclic amines) is 1. The van der Waals surface area contributed by atoms with Gasteiger partial charge in [-0.3, -0.25) is 9.59 Å². The van der Waals surface area contributed by atoms with E-state index in [1.807, 2.05) is 18.2 Å². The van der Waals surface area contributed by atoms with Crippen molar-refractivity contribution in [2.45, 2.75) is 19.3 Å². The van der Waals surface area contributed by atoms with Gasteiger partial charge in [-0.25, -0.2) is 0 Å². The average molecular weight is 370 g/mol. The first-order valence-corrected chi connectivity index (χ1v) is 8.31. The van der Waals surface area contributed by atoms with Crippen LogP contribution in [-0.2, 0) is 16.0 Å². The minimum absolute atomic E-state index is 0. The molecular weight excluding hydrogens is 346 g/mol. The Balaban J connectivity index is 0.00000225. The highest BCUT2D eigenvalue weighted by atomic mass is 35.5. The monoisotopic (exact) mass is 369 g/mol. The number of amides is 2. The number of benzene rings is 1. The molecule has 8 heteroatoms. The molecule has 2 aliphatic rings. The minimum atomic E-state index is -0.147. The molecule has 0 spiro atoms. The first-order valence-electron chi connectivity index (χ1n) is 8.31. The Morgan fingerprint density at radius 3 is 2.88 bits per heavy atom. The van der Waals surface area contributed by atoms with Crippen LogP contribution in [0.5, 0.6) is 11.5 Å². The Kier molecular flexibility index (Phi) is 6.90. The van der Waals surface area contributed by atoms with E-state index in [0.29, 0.717) is 44.1 Å². The molecule has 2 aliphatic heterocycles. The van der Waals surface area contributed by atoms with Gasteiger partial charge >= 0.3 is 0 Å². The second-order valence-corrected chi connectivity index (χ2v) is 6.12. The summed E-state index contributed by atoms with van der Waals surface area (Å²) in [6.07, 6.45) is 1.95. The number of carbonyl (C=O) groups excluding carboxylic acids is 2. The molecule has 0 radical (unpaired) electrons. The van der Waals surface area contributed by atoms with Gasteiger partial charge in [0.1, 0.15) is 0 Å². The van der Waals surface area contributed by atoms with Gasteiger partial charge in [-0.1, -0.05) is 6.07 Å². The van der Waals surface area contributed by atoms with E-state index in [-0.39, 0.29) is 36.9 Å². The largest absolute Gasteiger partial charge is 0.454 e. The first kappa shape index (κ1) is 19.3. The van der Waals surface area contributed by atoms with Gasteiger partial charge in [0, 0.05) is 26.2 Å². The van der Waals surface area contributed by atoms with E-state index in [4.69, 9.17) is 15.2 Å². The Morgan fingerprint density at radius 2 is 2.08 bits per heavy atom. The number of hydrogen-bond donors (Lipinski definition) is 2. The highest BCUT2D eigenvalue weighted by Gasteiger charge is 2.28. The third-order valence-electron chi connectivity index (χ3n) is 4.38. The third-order valence-corrected chi connectivity index (χ3v) is 4.38. The highest BCUT2D eigenvalue weighted by Crippen LogP contribution is 2.32. The molecule has 138 valence electrons. The van der Waals surface area contributed by atoms with Crippen LogP contribution in [0.25, 0.3) is 0 Å². The first-order chi connectivity index (χ1) is 11.7. The van der Waals surface area contributed by atoms with Crippen molar-refractivity contribution in [1.29, 1.82) is 0 Å². The predicted molar refractivity (Wildman–Crippen MR) is 94.9 cm³/mol. The van der Waals surface area contributed by atoms with Gasteiger partial charge in [-0.15, -0.1) is 12.4 Å². The molecule has 1 unspecified atom stereocenters. The number of nitrogens with zero attached hydrogens (tertiary/aromatic N) is 1. The highest BCUT2D eigenvalue weighted by molar-refractivity contribution is 5.85. The van der Waals surface area contributed by atoms with Crippen LogP contribution in [0.15, 0.2) is 18.2 Å². The zero-order valence-corrected chi connectivity index (χ0v) is 14.8. The van der Waals surface area contributed by atoms with Crippen molar-refractivity contribution in [1.82, 2.24) is 10.2 Å². The van der Waals surface area contributed by atoms with Gasteiger partial charge in [0.2, 0.25) is 18.6 Å². The quantitative estimate of drug-likeness (QED) is 0.796. The standard InChI is InChI=1S/C17H23N3O4.ClH/c18-5-6-19-17(22)13-2-1-7-20(10-13)16(21)9-12-3-4-14-15(8-12)24-11-23-14;/h3-4,8,13H,1-2,5-7,9-11,18H2,(H,19,22);1H. The molecule has 0 saturated carbocycles. The molecule has 1 saturated heterocycles. The van der Waals surface area contributed by atoms with Crippen LogP contribution in [0, 0.1) is 5.92 Å². The lowest BCUT2D eigenvalue weighted by molar-refractivity contribution is -0.135. The number of hydrogen-bond acceptors (Lipinski definition) is 5. The Bertz CT molecular complexity index is 626. The molecule has 3 rings (SSSR count). The van der Waals surface area contributed by atoms with Crippen LogP contribution in [0.3, 0.4) is 0 Å². The summed E-state index contributed by atoms with van der Waals surface area (Å²) < 4.78 is 10.6. The van der Waals surface area contributed by atoms with Gasteiger partial charge in [0.15, 0.2) is 11.5 Å². The molecule has 1 aromatic carbocycles. The maximum absolute atomic E-state index is 12.6. The fourth-order valence-corrected chi connectivity index (χ4v) is 3.09. The van der Waals surface area contributed by atoms with Gasteiger partial charge < -0.3 is 25.4 Å². The van der Waals surface area contributed by atoms with Crippen molar-refractivity contribution in [2.24, 2.45) is 11.7 Å². The summed E-state index contributed by atoms with van der Waals surface area (Å²) in [4.78, 5) is 26.4. The van der Waals surface area contributed by atoms with Crippen LogP contribution in [-0.4, -0.2) is 49.7 Å². The number of ether oxygens (including phenoxy) is 2. The van der Waals surface area contributed by atoms with Crippen LogP contribution >= 0.6 is 12.4 Å². The van der Waals surface area contributed by atoms with Crippen LogP contribution in [0.4, 0.5) is 0 Å². The Labute approximate surface area is 153 Å². The molecular formula is C17H24ClN3O4. The van der Waals surface area contributed by atoms with Gasteiger partial charge in [0.25, 0.3) is 0 Å². The SMILES string of the molecule is Cl.NCCNC(=O)C1CCCN(C(=O)Cc2ccc3c(c2)OCO3)C1. The van der Waals surface area contributed by atoms with E-state index in [1.54, 1.807) is 4.90 Å². The van der Waals surface area contributed by atoms with Crippen molar-refractivity contribution < 1.29 is 19.1 Å². The van der Waals surface area contributed by atoms with Gasteiger partial charge in [0.05, 0.1) is 12.3 Å². The summed E-state index contributed by atoms with van der Waals surface area (Å²) in [5.74, 6) is 1.26. The summed E-state index contributed by atoms with van der Waals surface area (Å²) >= 11 is 0. The second-order valence-electron chi connectivity index (χ2n) is 6.12. The zero-order chi connectivity index (χ0) is 16.9. The minimum Gasteiger partial charge on any atom is -0.454 e. The zero-order valence-electron chi connectivity index (χ0n) is 14.0. The van der Waals surface area contributed by atoms with Crippen LogP contribution in [0.1, 0.15) is 18.4 Å². The number of rotatable bonds is 5. The Morgan fingerprint density at radius 1 is 1.28 bits per heavy atom. The van der Waals surface area contributed by atoms with E-state index in [1.165, 1.54) is 0 Å². The molecule has 0 aliphatic carbocycles. The van der Waals surface area contributed by atoms with Crippen LogP contribution < -0.4 is 20.5 Å². The lowest BCUT2D eigenvalue weighted by Crippen LogP contribution is -2.46. The molecule has 2 heterocycles. The molecule has 0 bridgehead atoms. The van der Waals surface area contributed by atoms with E-state index in [9.17, 15) is 9.59 Å². The van der Waals surface area contributed by atoms with Crippen molar-refractivity contribution in [3.8, 4) is 11.5 Å². The molecule has 3 N–H and O–H groups in total. The molecule has 2 amide bonds. The fraction of sp³-hybridized carbons (Fsp3) is 0.529. The molecule has 0 aromatic heterocycles. The lowest BCUT2D eigenvalue weighted by atomic mass is 9.96. The maximum atomic E-state index is 12.6. The van der Waals surface area contributed by atoms with Crippen LogP contribution in [0.2, 0.25) is 0 Å². The second kappa shape index (κ2) is 8.92. The van der Waals surface area contributed by atoms with Crippen molar-refractivity contribution >= 4 is 24.2 Å². The smallest absolute Gasteiger partial charge is 0.231 e. The molecule has 1 atom stereocenters. The Hall–Kier alpha value is -1.99. The number of fused-ring (bicyclic) bond motifs is 1. The number of nitrogens with two attached hydrogens (primary N) is 1. The molecule has 25 heavy (non-hydrogen) atoms. The number of nitrogens with one attached hydrogen (secondary N) is 1. The van der Waals surface area contributed by atoms with E-state index in [2.05, 4.69) is 5.32 Å². The molecule has 1 fully saturated rings. The summed E-state index contributed by atoms with van der Waals surface area (Å²) in [5.41, 5.74) is 6.30. The summed E-state index contributed by atoms with van der Waals surface area (Å²) in [6.45, 7) is 2.29. The maximum Gasteiger partial charge on any atom is 0.231 e. The lowest BCUT2D eigenvalue weighted by Gasteiger charge is -2.32. The summed E-state index contributed by atoms with van der Waals surface area (Å²) in [7, 11) is 0. The summed E-state index contributed by atoms with van der Waals surface area (Å²) in [5, 5.41) is 2.81. The van der Waals surface area contributed by atoms with Gasteiger partial charge in [-0.05, 0) is 30.5 Å². The van der Waals surface area contributed by atoms with E-state index in [0.717, 1.165) is 18.4 Å².